The summed E-state index contributed by atoms with van der Waals surface area (Å²) < 4.78 is 0. The number of nitrogens with one attached hydrogen (secondary N) is 1. The van der Waals surface area contributed by atoms with E-state index >= 15 is 0 Å². The quantitative estimate of drug-likeness (QED) is 0.844. The van der Waals surface area contributed by atoms with Crippen molar-refractivity contribution in [1.82, 2.24) is 4.90 Å². The molecule has 27 heavy (non-hydrogen) atoms. The van der Waals surface area contributed by atoms with Crippen molar-refractivity contribution in [3.63, 3.8) is 0 Å². The molecule has 2 aromatic carbocycles. The smallest absolute Gasteiger partial charge is 0.255 e. The molecule has 0 aromatic heterocycles. The zero-order valence-corrected chi connectivity index (χ0v) is 16.5. The zero-order valence-electron chi connectivity index (χ0n) is 16.5. The van der Waals surface area contributed by atoms with Crippen LogP contribution < -0.4 is 5.32 Å². The van der Waals surface area contributed by atoms with Crippen LogP contribution in [0.4, 0.5) is 5.69 Å². The van der Waals surface area contributed by atoms with E-state index in [0.29, 0.717) is 16.8 Å². The van der Waals surface area contributed by atoms with Gasteiger partial charge in [0.15, 0.2) is 0 Å². The Labute approximate surface area is 161 Å². The molecule has 142 valence electrons. The summed E-state index contributed by atoms with van der Waals surface area (Å²) in [5.41, 5.74) is 4.98. The molecule has 3 rings (SSSR count). The molecule has 1 N–H and O–H groups in total. The van der Waals surface area contributed by atoms with Crippen LogP contribution in [-0.2, 0) is 0 Å². The topological polar surface area (TPSA) is 49.4 Å². The van der Waals surface area contributed by atoms with Gasteiger partial charge in [-0.05, 0) is 68.5 Å². The lowest BCUT2D eigenvalue weighted by molar-refractivity contribution is 0.0762. The Hall–Kier alpha value is -2.62. The first-order chi connectivity index (χ1) is 13.0. The van der Waals surface area contributed by atoms with Gasteiger partial charge in [-0.25, -0.2) is 0 Å². The van der Waals surface area contributed by atoms with Crippen LogP contribution in [0.2, 0.25) is 0 Å². The molecule has 4 nitrogen and oxygen atoms in total. The van der Waals surface area contributed by atoms with Gasteiger partial charge in [-0.3, -0.25) is 9.59 Å². The van der Waals surface area contributed by atoms with Crippen LogP contribution in [0.5, 0.6) is 0 Å². The van der Waals surface area contributed by atoms with Crippen molar-refractivity contribution >= 4 is 17.5 Å². The molecule has 0 saturated carbocycles. The van der Waals surface area contributed by atoms with Gasteiger partial charge in [-0.1, -0.05) is 31.0 Å². The third-order valence-corrected chi connectivity index (χ3v) is 5.38. The fraction of sp³-hybridized carbons (Fsp3) is 0.391. The zero-order chi connectivity index (χ0) is 19.4. The number of aryl methyl sites for hydroxylation is 3. The molecule has 1 fully saturated rings. The largest absolute Gasteiger partial charge is 0.339 e. The van der Waals surface area contributed by atoms with Gasteiger partial charge in [0.05, 0.1) is 11.3 Å². The van der Waals surface area contributed by atoms with E-state index in [9.17, 15) is 9.59 Å². The highest BCUT2D eigenvalue weighted by Crippen LogP contribution is 2.22. The van der Waals surface area contributed by atoms with Gasteiger partial charge in [0, 0.05) is 18.7 Å². The van der Waals surface area contributed by atoms with Gasteiger partial charge in [0.2, 0.25) is 0 Å². The molecule has 2 aromatic rings. The first-order valence-corrected chi connectivity index (χ1v) is 9.75. The lowest BCUT2D eigenvalue weighted by Gasteiger charge is -2.22. The predicted molar refractivity (Wildman–Crippen MR) is 109 cm³/mol. The molecule has 1 aliphatic rings. The molecular formula is C23H28N2O2. The molecule has 0 bridgehead atoms. The second-order valence-electron chi connectivity index (χ2n) is 7.46. The fourth-order valence-corrected chi connectivity index (χ4v) is 3.62. The van der Waals surface area contributed by atoms with Crippen LogP contribution >= 0.6 is 0 Å². The first-order valence-electron chi connectivity index (χ1n) is 9.75. The van der Waals surface area contributed by atoms with E-state index in [2.05, 4.69) is 5.32 Å². The number of hydrogen-bond donors (Lipinski definition) is 1. The number of carbonyl (C=O) groups excluding carboxylic acids is 2. The summed E-state index contributed by atoms with van der Waals surface area (Å²) in [5, 5.41) is 2.96. The fourth-order valence-electron chi connectivity index (χ4n) is 3.62. The number of carbonyl (C=O) groups is 2. The summed E-state index contributed by atoms with van der Waals surface area (Å²) in [7, 11) is 0. The number of amides is 2. The molecule has 0 unspecified atom stereocenters. The number of hydrogen-bond acceptors (Lipinski definition) is 2. The Bertz CT molecular complexity index is 849. The van der Waals surface area contributed by atoms with Crippen molar-refractivity contribution in [3.05, 3.63) is 64.2 Å². The molecule has 0 radical (unpaired) electrons. The normalized spacial score (nSPS) is 14.6. The van der Waals surface area contributed by atoms with Gasteiger partial charge < -0.3 is 10.2 Å². The monoisotopic (exact) mass is 364 g/mol. The maximum atomic E-state index is 13.0. The molecule has 4 heteroatoms. The minimum absolute atomic E-state index is 0.00427. The molecule has 1 aliphatic heterocycles. The number of likely N-dealkylation sites (tertiary alicyclic amines) is 1. The summed E-state index contributed by atoms with van der Waals surface area (Å²) in [6, 6.07) is 11.2. The minimum Gasteiger partial charge on any atom is -0.339 e. The molecule has 0 aliphatic carbocycles. The number of anilines is 1. The highest BCUT2D eigenvalue weighted by Gasteiger charge is 2.21. The Kier molecular flexibility index (Phi) is 5.94. The third kappa shape index (κ3) is 4.38. The summed E-state index contributed by atoms with van der Waals surface area (Å²) in [6.45, 7) is 7.56. The van der Waals surface area contributed by atoms with Crippen molar-refractivity contribution in [2.24, 2.45) is 0 Å². The van der Waals surface area contributed by atoms with Gasteiger partial charge in [0.1, 0.15) is 0 Å². The Morgan fingerprint density at radius 1 is 0.815 bits per heavy atom. The standard InChI is InChI=1S/C23H28N2O2/c1-16-14-18(3)20(15-17(16)2)22(26)24-21-11-7-6-10-19(21)23(27)25-12-8-4-5-9-13-25/h6-7,10-11,14-15H,4-5,8-9,12-13H2,1-3H3,(H,24,26). The van der Waals surface area contributed by atoms with E-state index in [1.807, 2.05) is 49.9 Å². The lowest BCUT2D eigenvalue weighted by atomic mass is 10.00. The summed E-state index contributed by atoms with van der Waals surface area (Å²) in [6.07, 6.45) is 4.44. The van der Waals surface area contributed by atoms with Crippen LogP contribution in [0.3, 0.4) is 0 Å². The second kappa shape index (κ2) is 8.38. The second-order valence-corrected chi connectivity index (χ2v) is 7.46. The maximum absolute atomic E-state index is 13.0. The number of benzene rings is 2. The van der Waals surface area contributed by atoms with E-state index in [-0.39, 0.29) is 11.8 Å². The molecule has 1 saturated heterocycles. The van der Waals surface area contributed by atoms with Crippen LogP contribution in [-0.4, -0.2) is 29.8 Å². The van der Waals surface area contributed by atoms with Crippen molar-refractivity contribution in [2.45, 2.75) is 46.5 Å². The number of nitrogens with zero attached hydrogens (tertiary/aromatic N) is 1. The van der Waals surface area contributed by atoms with Crippen molar-refractivity contribution in [2.75, 3.05) is 18.4 Å². The third-order valence-electron chi connectivity index (χ3n) is 5.38. The highest BCUT2D eigenvalue weighted by atomic mass is 16.2. The van der Waals surface area contributed by atoms with E-state index in [1.165, 1.54) is 18.4 Å². The van der Waals surface area contributed by atoms with Gasteiger partial charge in [-0.15, -0.1) is 0 Å². The van der Waals surface area contributed by atoms with E-state index in [1.54, 1.807) is 12.1 Å². The molecular weight excluding hydrogens is 336 g/mol. The number of para-hydroxylation sites is 1. The first kappa shape index (κ1) is 19.2. The van der Waals surface area contributed by atoms with Crippen LogP contribution in [0.15, 0.2) is 36.4 Å². The van der Waals surface area contributed by atoms with Gasteiger partial charge in [0.25, 0.3) is 11.8 Å². The molecule has 0 atom stereocenters. The SMILES string of the molecule is Cc1cc(C)c(C(=O)Nc2ccccc2C(=O)N2CCCCCC2)cc1C. The van der Waals surface area contributed by atoms with Gasteiger partial charge >= 0.3 is 0 Å². The van der Waals surface area contributed by atoms with Crippen molar-refractivity contribution in [1.29, 1.82) is 0 Å². The summed E-state index contributed by atoms with van der Waals surface area (Å²) >= 11 is 0. The Morgan fingerprint density at radius 3 is 2.15 bits per heavy atom. The Morgan fingerprint density at radius 2 is 1.44 bits per heavy atom. The lowest BCUT2D eigenvalue weighted by Crippen LogP contribution is -2.32. The van der Waals surface area contributed by atoms with Gasteiger partial charge in [-0.2, -0.15) is 0 Å². The minimum atomic E-state index is -0.174. The number of rotatable bonds is 3. The molecule has 0 spiro atoms. The van der Waals surface area contributed by atoms with Crippen molar-refractivity contribution < 1.29 is 9.59 Å². The van der Waals surface area contributed by atoms with Crippen molar-refractivity contribution in [3.8, 4) is 0 Å². The molecule has 1 heterocycles. The average molecular weight is 364 g/mol. The predicted octanol–water partition coefficient (Wildman–Crippen LogP) is 4.88. The van der Waals surface area contributed by atoms with E-state index in [4.69, 9.17) is 0 Å². The molecule has 2 amide bonds. The van der Waals surface area contributed by atoms with Crippen LogP contribution in [0, 0.1) is 20.8 Å². The van der Waals surface area contributed by atoms with Crippen LogP contribution in [0.25, 0.3) is 0 Å². The maximum Gasteiger partial charge on any atom is 0.255 e. The Balaban J connectivity index is 1.85. The highest BCUT2D eigenvalue weighted by molar-refractivity contribution is 6.09. The summed E-state index contributed by atoms with van der Waals surface area (Å²) in [4.78, 5) is 27.8. The average Bonchev–Trinajstić information content (AvgIpc) is 2.94. The van der Waals surface area contributed by atoms with E-state index in [0.717, 1.165) is 37.1 Å². The summed E-state index contributed by atoms with van der Waals surface area (Å²) in [5.74, 6) is -0.170. The van der Waals surface area contributed by atoms with Crippen LogP contribution in [0.1, 0.15) is 63.1 Å². The van der Waals surface area contributed by atoms with E-state index < -0.39 is 0 Å².